The van der Waals surface area contributed by atoms with E-state index < -0.39 is 0 Å². The van der Waals surface area contributed by atoms with Gasteiger partial charge in [-0.25, -0.2) is 0 Å². The number of pyridine rings is 1. The van der Waals surface area contributed by atoms with Gasteiger partial charge in [0, 0.05) is 31.2 Å². The quantitative estimate of drug-likeness (QED) is 0.609. The molecule has 0 saturated heterocycles. The first kappa shape index (κ1) is 20.8. The van der Waals surface area contributed by atoms with E-state index in [2.05, 4.69) is 6.92 Å². The van der Waals surface area contributed by atoms with Gasteiger partial charge in [-0.15, -0.1) is 0 Å². The lowest BCUT2D eigenvalue weighted by atomic mass is 10.1. The Morgan fingerprint density at radius 3 is 2.42 bits per heavy atom. The molecule has 0 aliphatic carbocycles. The van der Waals surface area contributed by atoms with Crippen LogP contribution in [0.4, 0.5) is 0 Å². The van der Waals surface area contributed by atoms with E-state index in [0.29, 0.717) is 22.6 Å². The number of hydrogen-bond acceptors (Lipinski definition) is 5. The van der Waals surface area contributed by atoms with E-state index in [1.54, 1.807) is 52.8 Å². The number of hydrogen-bond donors (Lipinski definition) is 0. The zero-order valence-electron chi connectivity index (χ0n) is 18.4. The van der Waals surface area contributed by atoms with Crippen LogP contribution in [0.25, 0.3) is 10.9 Å². The lowest BCUT2D eigenvalue weighted by Crippen LogP contribution is -2.31. The van der Waals surface area contributed by atoms with Crippen molar-refractivity contribution in [3.05, 3.63) is 63.4 Å². The Labute approximate surface area is 180 Å². The van der Waals surface area contributed by atoms with Gasteiger partial charge in [0.05, 0.1) is 26.8 Å². The largest absolute Gasteiger partial charge is 0.493 e. The third kappa shape index (κ3) is 3.40. The number of ether oxygens (including phenoxy) is 3. The molecule has 0 N–H and O–H groups in total. The minimum atomic E-state index is -0.325. The number of aromatic nitrogens is 1. The SMILES string of the molecule is COc1cc(CN(C)C(=O)c2cn3c4c(cccc4c2=O)CC3C)cc(OC)c1OC. The Morgan fingerprint density at radius 1 is 1.13 bits per heavy atom. The molecule has 7 heteroatoms. The smallest absolute Gasteiger partial charge is 0.259 e. The number of nitrogens with zero attached hydrogens (tertiary/aromatic N) is 2. The molecule has 0 radical (unpaired) electrons. The molecule has 1 aliphatic rings. The highest BCUT2D eigenvalue weighted by Gasteiger charge is 2.26. The van der Waals surface area contributed by atoms with Gasteiger partial charge < -0.3 is 23.7 Å². The fraction of sp³-hybridized carbons (Fsp3) is 0.333. The highest BCUT2D eigenvalue weighted by atomic mass is 16.5. The maximum Gasteiger partial charge on any atom is 0.259 e. The first-order valence-electron chi connectivity index (χ1n) is 10.1. The fourth-order valence-corrected chi connectivity index (χ4v) is 4.35. The summed E-state index contributed by atoms with van der Waals surface area (Å²) in [4.78, 5) is 27.9. The van der Waals surface area contributed by atoms with Crippen LogP contribution in [0, 0.1) is 0 Å². The van der Waals surface area contributed by atoms with Crippen LogP contribution in [-0.4, -0.2) is 43.8 Å². The highest BCUT2D eigenvalue weighted by molar-refractivity contribution is 5.98. The fourth-order valence-electron chi connectivity index (χ4n) is 4.35. The van der Waals surface area contributed by atoms with Gasteiger partial charge in [0.2, 0.25) is 11.2 Å². The first-order chi connectivity index (χ1) is 14.9. The molecule has 1 atom stereocenters. The van der Waals surface area contributed by atoms with Crippen molar-refractivity contribution in [2.24, 2.45) is 0 Å². The van der Waals surface area contributed by atoms with Crippen LogP contribution in [0.15, 0.2) is 41.3 Å². The molecule has 0 spiro atoms. The molecule has 1 unspecified atom stereocenters. The molecule has 0 saturated carbocycles. The summed E-state index contributed by atoms with van der Waals surface area (Å²) >= 11 is 0. The summed E-state index contributed by atoms with van der Waals surface area (Å²) in [7, 11) is 6.31. The summed E-state index contributed by atoms with van der Waals surface area (Å²) in [6, 6.07) is 9.52. The molecule has 1 amide bonds. The van der Waals surface area contributed by atoms with Crippen molar-refractivity contribution in [2.45, 2.75) is 25.9 Å². The molecule has 162 valence electrons. The van der Waals surface area contributed by atoms with Crippen molar-refractivity contribution in [3.63, 3.8) is 0 Å². The van der Waals surface area contributed by atoms with Gasteiger partial charge >= 0.3 is 0 Å². The van der Waals surface area contributed by atoms with E-state index in [1.807, 2.05) is 16.7 Å². The lowest BCUT2D eigenvalue weighted by Gasteiger charge is -2.20. The predicted octanol–water partition coefficient (Wildman–Crippen LogP) is 3.42. The second-order valence-corrected chi connectivity index (χ2v) is 7.84. The van der Waals surface area contributed by atoms with Crippen molar-refractivity contribution < 1.29 is 19.0 Å². The average molecular weight is 422 g/mol. The van der Waals surface area contributed by atoms with Crippen molar-refractivity contribution in [1.29, 1.82) is 0 Å². The molecule has 3 aromatic rings. The summed E-state index contributed by atoms with van der Waals surface area (Å²) in [5, 5.41) is 0.592. The molecule has 31 heavy (non-hydrogen) atoms. The summed E-state index contributed by atoms with van der Waals surface area (Å²) in [5.74, 6) is 1.19. The third-order valence-corrected chi connectivity index (χ3v) is 5.85. The average Bonchev–Trinajstić information content (AvgIpc) is 3.10. The zero-order chi connectivity index (χ0) is 22.3. The normalized spacial score (nSPS) is 14.5. The van der Waals surface area contributed by atoms with Crippen molar-refractivity contribution in [2.75, 3.05) is 28.4 Å². The van der Waals surface area contributed by atoms with Crippen LogP contribution < -0.4 is 19.6 Å². The number of carbonyl (C=O) groups is 1. The number of methoxy groups -OCH3 is 3. The maximum absolute atomic E-state index is 13.3. The second kappa shape index (κ2) is 7.98. The summed E-state index contributed by atoms with van der Waals surface area (Å²) in [6.45, 7) is 2.38. The van der Waals surface area contributed by atoms with Gasteiger partial charge in [0.1, 0.15) is 5.56 Å². The first-order valence-corrected chi connectivity index (χ1v) is 10.1. The van der Waals surface area contributed by atoms with Gasteiger partial charge in [-0.3, -0.25) is 9.59 Å². The molecule has 4 rings (SSSR count). The number of para-hydroxylation sites is 1. The third-order valence-electron chi connectivity index (χ3n) is 5.85. The number of benzene rings is 2. The summed E-state index contributed by atoms with van der Waals surface area (Å²) in [6.07, 6.45) is 2.57. The summed E-state index contributed by atoms with van der Waals surface area (Å²) < 4.78 is 18.2. The van der Waals surface area contributed by atoms with Crippen molar-refractivity contribution in [3.8, 4) is 17.2 Å². The minimum absolute atomic E-state index is 0.174. The van der Waals surface area contributed by atoms with Gasteiger partial charge in [0.15, 0.2) is 11.5 Å². The molecule has 2 aromatic carbocycles. The van der Waals surface area contributed by atoms with Gasteiger partial charge in [0.25, 0.3) is 5.91 Å². The van der Waals surface area contributed by atoms with E-state index in [1.165, 1.54) is 4.90 Å². The van der Waals surface area contributed by atoms with Crippen molar-refractivity contribution >= 4 is 16.8 Å². The molecular weight excluding hydrogens is 396 g/mol. The van der Waals surface area contributed by atoms with E-state index >= 15 is 0 Å². The second-order valence-electron chi connectivity index (χ2n) is 7.84. The van der Waals surface area contributed by atoms with Gasteiger partial charge in [-0.2, -0.15) is 0 Å². The molecule has 1 aromatic heterocycles. The summed E-state index contributed by atoms with van der Waals surface area (Å²) in [5.41, 5.74) is 2.82. The van der Waals surface area contributed by atoms with Gasteiger partial charge in [-0.1, -0.05) is 12.1 Å². The number of carbonyl (C=O) groups excluding carboxylic acids is 1. The molecule has 1 aliphatic heterocycles. The minimum Gasteiger partial charge on any atom is -0.493 e. The molecule has 0 bridgehead atoms. The number of amides is 1. The van der Waals surface area contributed by atoms with E-state index in [-0.39, 0.29) is 29.5 Å². The van der Waals surface area contributed by atoms with Gasteiger partial charge in [-0.05, 0) is 42.7 Å². The number of rotatable bonds is 6. The standard InChI is InChI=1S/C24H26N2O5/c1-14-9-16-7-6-8-17-21(16)26(14)13-18(22(17)27)24(28)25(2)12-15-10-19(29-3)23(31-5)20(11-15)30-4/h6-8,10-11,13-14H,9,12H2,1-5H3. The van der Waals surface area contributed by atoms with Crippen LogP contribution in [0.3, 0.4) is 0 Å². The van der Waals surface area contributed by atoms with Crippen LogP contribution >= 0.6 is 0 Å². The monoisotopic (exact) mass is 422 g/mol. The Hall–Kier alpha value is -3.48. The van der Waals surface area contributed by atoms with E-state index in [0.717, 1.165) is 23.1 Å². The van der Waals surface area contributed by atoms with E-state index in [4.69, 9.17) is 14.2 Å². The topological polar surface area (TPSA) is 70.0 Å². The zero-order valence-corrected chi connectivity index (χ0v) is 18.4. The van der Waals surface area contributed by atoms with Crippen LogP contribution in [0.2, 0.25) is 0 Å². The molecule has 2 heterocycles. The lowest BCUT2D eigenvalue weighted by molar-refractivity contribution is 0.0783. The van der Waals surface area contributed by atoms with E-state index in [9.17, 15) is 9.59 Å². The molecule has 7 nitrogen and oxygen atoms in total. The molecule has 0 fully saturated rings. The maximum atomic E-state index is 13.3. The van der Waals surface area contributed by atoms with Crippen LogP contribution in [0.5, 0.6) is 17.2 Å². The van der Waals surface area contributed by atoms with Crippen molar-refractivity contribution in [1.82, 2.24) is 9.47 Å². The highest BCUT2D eigenvalue weighted by Crippen LogP contribution is 2.38. The Bertz CT molecular complexity index is 1210. The molecular formula is C24H26N2O5. The predicted molar refractivity (Wildman–Crippen MR) is 119 cm³/mol. The Balaban J connectivity index is 1.70. The Kier molecular flexibility index (Phi) is 5.35. The van der Waals surface area contributed by atoms with Crippen LogP contribution in [0.1, 0.15) is 34.5 Å². The van der Waals surface area contributed by atoms with Crippen LogP contribution in [-0.2, 0) is 13.0 Å². The Morgan fingerprint density at radius 2 is 1.81 bits per heavy atom.